The molecule has 0 N–H and O–H groups in total. The fourth-order valence-electron chi connectivity index (χ4n) is 5.63. The second-order valence-corrected chi connectivity index (χ2v) is 9.06. The van der Waals surface area contributed by atoms with E-state index in [1.165, 1.54) is 54.4 Å². The Bertz CT molecular complexity index is 1270. The topological polar surface area (TPSA) is 25.8 Å². The third kappa shape index (κ3) is 3.01. The van der Waals surface area contributed by atoms with Gasteiger partial charge >= 0.3 is 0 Å². The molecule has 2 aliphatic carbocycles. The fraction of sp³-hybridized carbons (Fsp3) is 0.214. The van der Waals surface area contributed by atoms with Gasteiger partial charge in [0.1, 0.15) is 0 Å². The molecule has 31 heavy (non-hydrogen) atoms. The van der Waals surface area contributed by atoms with Crippen LogP contribution in [0.5, 0.6) is 0 Å². The maximum Gasteiger partial charge on any atom is 0.223 e. The van der Waals surface area contributed by atoms with Gasteiger partial charge in [-0.05, 0) is 58.8 Å². The lowest BCUT2D eigenvalue weighted by atomic mass is 9.67. The average molecular weight is 423 g/mol. The standard InChI is InChI=1S/C28H23ClN2/c29-27-30-25(19-9-3-1-4-10-19)18-26(31-27)20-13-14-22-21-11-5-6-12-23(21)28(24(22)17-20)15-7-2-8-16-28/h1,3-6,9-14,17-18H,2,7-8,15-16H2. The van der Waals surface area contributed by atoms with Crippen molar-refractivity contribution in [3.8, 4) is 33.6 Å². The van der Waals surface area contributed by atoms with Crippen LogP contribution in [0.25, 0.3) is 33.6 Å². The van der Waals surface area contributed by atoms with E-state index in [4.69, 9.17) is 11.6 Å². The van der Waals surface area contributed by atoms with Crippen molar-refractivity contribution >= 4 is 11.6 Å². The molecule has 3 heteroatoms. The zero-order chi connectivity index (χ0) is 20.8. The Kier molecular flexibility index (Phi) is 4.43. The molecule has 1 saturated carbocycles. The predicted octanol–water partition coefficient (Wildman–Crippen LogP) is 7.69. The number of aromatic nitrogens is 2. The Morgan fingerprint density at radius 2 is 1.29 bits per heavy atom. The van der Waals surface area contributed by atoms with E-state index in [9.17, 15) is 0 Å². The minimum absolute atomic E-state index is 0.138. The third-order valence-corrected chi connectivity index (χ3v) is 7.21. The molecule has 0 aliphatic heterocycles. The molecule has 1 heterocycles. The summed E-state index contributed by atoms with van der Waals surface area (Å²) in [7, 11) is 0. The second-order valence-electron chi connectivity index (χ2n) is 8.72. The highest BCUT2D eigenvalue weighted by molar-refractivity contribution is 6.28. The van der Waals surface area contributed by atoms with Gasteiger partial charge in [0.15, 0.2) is 0 Å². The van der Waals surface area contributed by atoms with Gasteiger partial charge in [0.2, 0.25) is 5.28 Å². The van der Waals surface area contributed by atoms with Gasteiger partial charge in [0.05, 0.1) is 11.4 Å². The molecular formula is C28H23ClN2. The van der Waals surface area contributed by atoms with Crippen LogP contribution in [0.2, 0.25) is 5.28 Å². The lowest BCUT2D eigenvalue weighted by molar-refractivity contribution is 0.353. The molecule has 0 atom stereocenters. The summed E-state index contributed by atoms with van der Waals surface area (Å²) in [6.45, 7) is 0. The highest BCUT2D eigenvalue weighted by Gasteiger charge is 2.43. The van der Waals surface area contributed by atoms with Gasteiger partial charge < -0.3 is 0 Å². The third-order valence-electron chi connectivity index (χ3n) is 7.04. The van der Waals surface area contributed by atoms with Crippen molar-refractivity contribution < 1.29 is 0 Å². The largest absolute Gasteiger partial charge is 0.223 e. The van der Waals surface area contributed by atoms with Crippen LogP contribution in [-0.4, -0.2) is 9.97 Å². The van der Waals surface area contributed by atoms with E-state index >= 15 is 0 Å². The molecule has 2 aliphatic rings. The van der Waals surface area contributed by atoms with Crippen LogP contribution in [0, 0.1) is 0 Å². The average Bonchev–Trinajstić information content (AvgIpc) is 3.09. The number of rotatable bonds is 2. The quantitative estimate of drug-likeness (QED) is 0.309. The van der Waals surface area contributed by atoms with Crippen molar-refractivity contribution in [1.82, 2.24) is 9.97 Å². The molecule has 152 valence electrons. The van der Waals surface area contributed by atoms with Crippen molar-refractivity contribution in [2.24, 2.45) is 0 Å². The van der Waals surface area contributed by atoms with Crippen molar-refractivity contribution in [3.63, 3.8) is 0 Å². The maximum absolute atomic E-state index is 6.36. The van der Waals surface area contributed by atoms with Crippen LogP contribution in [-0.2, 0) is 5.41 Å². The van der Waals surface area contributed by atoms with E-state index in [-0.39, 0.29) is 10.7 Å². The smallest absolute Gasteiger partial charge is 0.218 e. The first-order chi connectivity index (χ1) is 15.2. The van der Waals surface area contributed by atoms with E-state index in [0.29, 0.717) is 0 Å². The van der Waals surface area contributed by atoms with Crippen LogP contribution < -0.4 is 0 Å². The molecule has 4 aromatic rings. The molecule has 0 amide bonds. The van der Waals surface area contributed by atoms with E-state index in [0.717, 1.165) is 22.5 Å². The van der Waals surface area contributed by atoms with Gasteiger partial charge in [-0.3, -0.25) is 0 Å². The number of nitrogens with zero attached hydrogens (tertiary/aromatic N) is 2. The summed E-state index contributed by atoms with van der Waals surface area (Å²) >= 11 is 6.36. The Morgan fingerprint density at radius 1 is 0.613 bits per heavy atom. The van der Waals surface area contributed by atoms with Gasteiger partial charge in [0.25, 0.3) is 0 Å². The zero-order valence-corrected chi connectivity index (χ0v) is 18.1. The van der Waals surface area contributed by atoms with Gasteiger partial charge in [-0.15, -0.1) is 0 Å². The highest BCUT2D eigenvalue weighted by atomic mass is 35.5. The summed E-state index contributed by atoms with van der Waals surface area (Å²) in [4.78, 5) is 9.06. The van der Waals surface area contributed by atoms with Gasteiger partial charge in [0, 0.05) is 16.5 Å². The van der Waals surface area contributed by atoms with Crippen molar-refractivity contribution in [2.45, 2.75) is 37.5 Å². The lowest BCUT2D eigenvalue weighted by Gasteiger charge is -2.36. The minimum atomic E-state index is 0.138. The minimum Gasteiger partial charge on any atom is -0.218 e. The Hall–Kier alpha value is -2.97. The van der Waals surface area contributed by atoms with Gasteiger partial charge in [-0.1, -0.05) is 86.0 Å². The van der Waals surface area contributed by atoms with Crippen LogP contribution in [0.4, 0.5) is 0 Å². The molecule has 3 aromatic carbocycles. The SMILES string of the molecule is Clc1nc(-c2ccccc2)cc(-c2ccc3c(c2)C2(CCCCC2)c2ccccc2-3)n1. The predicted molar refractivity (Wildman–Crippen MR) is 127 cm³/mol. The first kappa shape index (κ1) is 18.8. The van der Waals surface area contributed by atoms with E-state index < -0.39 is 0 Å². The lowest BCUT2D eigenvalue weighted by Crippen LogP contribution is -2.28. The Balaban J connectivity index is 1.51. The summed E-state index contributed by atoms with van der Waals surface area (Å²) in [5.74, 6) is 0. The van der Waals surface area contributed by atoms with Gasteiger partial charge in [-0.2, -0.15) is 0 Å². The van der Waals surface area contributed by atoms with Crippen LogP contribution in [0.3, 0.4) is 0 Å². The second kappa shape index (κ2) is 7.32. The van der Waals surface area contributed by atoms with Crippen molar-refractivity contribution in [2.75, 3.05) is 0 Å². The van der Waals surface area contributed by atoms with Crippen LogP contribution >= 0.6 is 11.6 Å². The number of hydrogen-bond donors (Lipinski definition) is 0. The number of benzene rings is 3. The molecule has 6 rings (SSSR count). The molecule has 1 aromatic heterocycles. The Labute approximate surface area is 188 Å². The molecule has 1 fully saturated rings. The summed E-state index contributed by atoms with van der Waals surface area (Å²) < 4.78 is 0. The zero-order valence-electron chi connectivity index (χ0n) is 17.3. The van der Waals surface area contributed by atoms with E-state index in [2.05, 4.69) is 70.6 Å². The van der Waals surface area contributed by atoms with Crippen LogP contribution in [0.15, 0.2) is 78.9 Å². The van der Waals surface area contributed by atoms with E-state index in [1.807, 2.05) is 18.2 Å². The number of halogens is 1. The molecule has 2 nitrogen and oxygen atoms in total. The molecule has 0 unspecified atom stereocenters. The van der Waals surface area contributed by atoms with Gasteiger partial charge in [-0.25, -0.2) is 9.97 Å². The maximum atomic E-state index is 6.36. The first-order valence-electron chi connectivity index (χ1n) is 11.1. The fourth-order valence-corrected chi connectivity index (χ4v) is 5.81. The molecule has 0 radical (unpaired) electrons. The monoisotopic (exact) mass is 422 g/mol. The Morgan fingerprint density at radius 3 is 2.10 bits per heavy atom. The first-order valence-corrected chi connectivity index (χ1v) is 11.5. The normalized spacial score (nSPS) is 16.2. The van der Waals surface area contributed by atoms with Crippen molar-refractivity contribution in [3.05, 3.63) is 95.3 Å². The summed E-state index contributed by atoms with van der Waals surface area (Å²) in [6, 6.07) is 28.0. The molecular weight excluding hydrogens is 400 g/mol. The number of fused-ring (bicyclic) bond motifs is 5. The summed E-state index contributed by atoms with van der Waals surface area (Å²) in [5.41, 5.74) is 9.77. The summed E-state index contributed by atoms with van der Waals surface area (Å²) in [6.07, 6.45) is 6.35. The molecule has 1 spiro atoms. The number of hydrogen-bond acceptors (Lipinski definition) is 2. The van der Waals surface area contributed by atoms with Crippen LogP contribution in [0.1, 0.15) is 43.2 Å². The van der Waals surface area contributed by atoms with E-state index in [1.54, 1.807) is 0 Å². The summed E-state index contributed by atoms with van der Waals surface area (Å²) in [5, 5.41) is 0.285. The molecule has 0 saturated heterocycles. The van der Waals surface area contributed by atoms with Crippen molar-refractivity contribution in [1.29, 1.82) is 0 Å². The molecule has 0 bridgehead atoms. The highest BCUT2D eigenvalue weighted by Crippen LogP contribution is 2.56.